The van der Waals surface area contributed by atoms with E-state index in [1.807, 2.05) is 44.4 Å². The van der Waals surface area contributed by atoms with Crippen molar-refractivity contribution in [1.82, 2.24) is 0 Å². The molecule has 0 unspecified atom stereocenters. The lowest BCUT2D eigenvalue weighted by Gasteiger charge is -1.94. The van der Waals surface area contributed by atoms with E-state index >= 15 is 0 Å². The van der Waals surface area contributed by atoms with Crippen molar-refractivity contribution in [3.8, 4) is 0 Å². The second-order valence-corrected chi connectivity index (χ2v) is 4.88. The molecule has 0 aliphatic heterocycles. The zero-order chi connectivity index (χ0) is 14.5. The summed E-state index contributed by atoms with van der Waals surface area (Å²) in [5, 5.41) is 0. The van der Waals surface area contributed by atoms with Gasteiger partial charge in [0.15, 0.2) is 0 Å². The minimum Gasteiger partial charge on any atom is -0.206 e. The van der Waals surface area contributed by atoms with E-state index < -0.39 is 0 Å². The molecule has 0 bridgehead atoms. The van der Waals surface area contributed by atoms with Gasteiger partial charge in [0, 0.05) is 9.79 Å². The maximum absolute atomic E-state index is 12.6. The van der Waals surface area contributed by atoms with Gasteiger partial charge in [0.05, 0.1) is 0 Å². The molecule has 0 radical (unpaired) electrons. The normalized spacial score (nSPS) is 8.68. The first-order valence-electron chi connectivity index (χ1n) is 6.15. The summed E-state index contributed by atoms with van der Waals surface area (Å²) in [5.74, 6) is -0.134. The van der Waals surface area contributed by atoms with Gasteiger partial charge in [0.2, 0.25) is 0 Å². The molecular weight excluding hydrogens is 275 g/mol. The lowest BCUT2D eigenvalue weighted by atomic mass is 10.4. The molecule has 104 valence electrons. The molecule has 3 heteroatoms. The van der Waals surface area contributed by atoms with Crippen molar-refractivity contribution in [2.75, 3.05) is 12.5 Å². The van der Waals surface area contributed by atoms with Gasteiger partial charge in [-0.2, -0.15) is 0 Å². The van der Waals surface area contributed by atoms with Gasteiger partial charge in [-0.15, -0.1) is 23.5 Å². The van der Waals surface area contributed by atoms with Crippen LogP contribution in [0.2, 0.25) is 0 Å². The fraction of sp³-hybridized carbons (Fsp3) is 0.250. The molecule has 0 atom stereocenters. The predicted molar refractivity (Wildman–Crippen MR) is 87.8 cm³/mol. The van der Waals surface area contributed by atoms with Gasteiger partial charge in [-0.1, -0.05) is 44.2 Å². The summed E-state index contributed by atoms with van der Waals surface area (Å²) >= 11 is 3.19. The number of rotatable bonds is 2. The number of hydrogen-bond acceptors (Lipinski definition) is 2. The maximum atomic E-state index is 12.6. The van der Waals surface area contributed by atoms with Gasteiger partial charge >= 0.3 is 0 Å². The number of hydrogen-bond donors (Lipinski definition) is 0. The Bertz CT molecular complexity index is 430. The second kappa shape index (κ2) is 12.1. The van der Waals surface area contributed by atoms with Crippen LogP contribution in [0, 0.1) is 5.82 Å². The Morgan fingerprint density at radius 2 is 1.26 bits per heavy atom. The van der Waals surface area contributed by atoms with Crippen LogP contribution in [0.15, 0.2) is 64.4 Å². The third-order valence-corrected chi connectivity index (χ3v) is 3.55. The third-order valence-electron chi connectivity index (χ3n) is 2.04. The van der Waals surface area contributed by atoms with E-state index in [0.717, 1.165) is 0 Å². The largest absolute Gasteiger partial charge is 0.206 e. The van der Waals surface area contributed by atoms with Gasteiger partial charge < -0.3 is 0 Å². The van der Waals surface area contributed by atoms with Crippen LogP contribution in [0.5, 0.6) is 0 Å². The van der Waals surface area contributed by atoms with Crippen LogP contribution in [0.4, 0.5) is 4.39 Å². The first-order valence-corrected chi connectivity index (χ1v) is 8.60. The quantitative estimate of drug-likeness (QED) is 0.625. The predicted octanol–water partition coefficient (Wildman–Crippen LogP) is 5.98. The third kappa shape index (κ3) is 7.96. The van der Waals surface area contributed by atoms with Gasteiger partial charge in [0.1, 0.15) is 5.82 Å². The fourth-order valence-electron chi connectivity index (χ4n) is 1.17. The lowest BCUT2D eigenvalue weighted by molar-refractivity contribution is 0.602. The SMILES string of the molecule is CC.CSc1ccccc1.CSc1ccccc1F. The van der Waals surface area contributed by atoms with Crippen LogP contribution in [-0.2, 0) is 0 Å². The zero-order valence-electron chi connectivity index (χ0n) is 11.9. The summed E-state index contributed by atoms with van der Waals surface area (Å²) in [4.78, 5) is 2.03. The fourth-order valence-corrected chi connectivity index (χ4v) is 2.07. The number of thioether (sulfide) groups is 2. The average Bonchev–Trinajstić information content (AvgIpc) is 2.51. The molecule has 0 fully saturated rings. The van der Waals surface area contributed by atoms with Crippen molar-refractivity contribution in [2.45, 2.75) is 23.6 Å². The smallest absolute Gasteiger partial charge is 0.136 e. The van der Waals surface area contributed by atoms with Crippen LogP contribution in [-0.4, -0.2) is 12.5 Å². The summed E-state index contributed by atoms with van der Waals surface area (Å²) < 4.78 is 12.6. The summed E-state index contributed by atoms with van der Waals surface area (Å²) in [5.41, 5.74) is 0. The van der Waals surface area contributed by atoms with Gasteiger partial charge in [0.25, 0.3) is 0 Å². The molecule has 2 aromatic carbocycles. The van der Waals surface area contributed by atoms with Crippen molar-refractivity contribution in [3.05, 3.63) is 60.4 Å². The summed E-state index contributed by atoms with van der Waals surface area (Å²) in [6.07, 6.45) is 3.94. The molecule has 0 saturated carbocycles. The molecule has 2 rings (SSSR count). The molecular formula is C16H21FS2. The molecule has 0 spiro atoms. The van der Waals surface area contributed by atoms with Crippen molar-refractivity contribution < 1.29 is 4.39 Å². The molecule has 0 aliphatic rings. The minimum atomic E-state index is -0.134. The van der Waals surface area contributed by atoms with Crippen molar-refractivity contribution in [2.24, 2.45) is 0 Å². The number of benzene rings is 2. The Kier molecular flexibility index (Phi) is 11.5. The summed E-state index contributed by atoms with van der Waals surface area (Å²) in [7, 11) is 0. The highest BCUT2D eigenvalue weighted by Gasteiger charge is 1.94. The maximum Gasteiger partial charge on any atom is 0.136 e. The Hall–Kier alpha value is -0.930. The van der Waals surface area contributed by atoms with E-state index in [4.69, 9.17) is 0 Å². The van der Waals surface area contributed by atoms with E-state index in [2.05, 4.69) is 18.4 Å². The van der Waals surface area contributed by atoms with Crippen LogP contribution >= 0.6 is 23.5 Å². The molecule has 0 aliphatic carbocycles. The molecule has 0 aromatic heterocycles. The highest BCUT2D eigenvalue weighted by Crippen LogP contribution is 2.17. The Morgan fingerprint density at radius 3 is 1.63 bits per heavy atom. The molecule has 19 heavy (non-hydrogen) atoms. The molecule has 0 saturated heterocycles. The Balaban J connectivity index is 0.000000303. The van der Waals surface area contributed by atoms with Gasteiger partial charge in [-0.05, 0) is 36.8 Å². The molecule has 0 amide bonds. The molecule has 0 N–H and O–H groups in total. The highest BCUT2D eigenvalue weighted by atomic mass is 32.2. The Morgan fingerprint density at radius 1 is 0.737 bits per heavy atom. The molecule has 2 aromatic rings. The van der Waals surface area contributed by atoms with E-state index in [0.29, 0.717) is 4.90 Å². The van der Waals surface area contributed by atoms with Crippen molar-refractivity contribution >= 4 is 23.5 Å². The Labute approximate surface area is 124 Å². The van der Waals surface area contributed by atoms with E-state index in [1.54, 1.807) is 23.9 Å². The minimum absolute atomic E-state index is 0.134. The molecule has 0 nitrogen and oxygen atoms in total. The van der Waals surface area contributed by atoms with Crippen molar-refractivity contribution in [3.63, 3.8) is 0 Å². The van der Waals surface area contributed by atoms with Crippen LogP contribution in [0.3, 0.4) is 0 Å². The van der Waals surface area contributed by atoms with E-state index in [1.165, 1.54) is 22.7 Å². The second-order valence-electron chi connectivity index (χ2n) is 3.15. The lowest BCUT2D eigenvalue weighted by Crippen LogP contribution is -1.75. The van der Waals surface area contributed by atoms with Crippen LogP contribution < -0.4 is 0 Å². The number of halogens is 1. The van der Waals surface area contributed by atoms with E-state index in [9.17, 15) is 4.39 Å². The van der Waals surface area contributed by atoms with Crippen LogP contribution in [0.1, 0.15) is 13.8 Å². The van der Waals surface area contributed by atoms with Gasteiger partial charge in [-0.25, -0.2) is 4.39 Å². The summed E-state index contributed by atoms with van der Waals surface area (Å²) in [6, 6.07) is 17.1. The first-order chi connectivity index (χ1) is 9.27. The standard InChI is InChI=1S/C7H7FS.C7H8S.C2H6/c1-9-7-5-3-2-4-6(7)8;1-8-7-5-3-2-4-6-7;1-2/h2-5H,1H3;2-6H,1H3;1-2H3. The van der Waals surface area contributed by atoms with E-state index in [-0.39, 0.29) is 5.82 Å². The molecule has 0 heterocycles. The average molecular weight is 296 g/mol. The monoisotopic (exact) mass is 296 g/mol. The first kappa shape index (κ1) is 18.1. The summed E-state index contributed by atoms with van der Waals surface area (Å²) in [6.45, 7) is 4.00. The van der Waals surface area contributed by atoms with Crippen LogP contribution in [0.25, 0.3) is 0 Å². The van der Waals surface area contributed by atoms with Gasteiger partial charge in [-0.3, -0.25) is 0 Å². The van der Waals surface area contributed by atoms with Crippen molar-refractivity contribution in [1.29, 1.82) is 0 Å². The highest BCUT2D eigenvalue weighted by molar-refractivity contribution is 7.98. The zero-order valence-corrected chi connectivity index (χ0v) is 13.5. The topological polar surface area (TPSA) is 0 Å².